The fourth-order valence-electron chi connectivity index (χ4n) is 2.60. The van der Waals surface area contributed by atoms with Crippen molar-refractivity contribution in [3.8, 4) is 0 Å². The van der Waals surface area contributed by atoms with Crippen LogP contribution in [0, 0.1) is 11.8 Å². The second kappa shape index (κ2) is 11.6. The number of nitrogens with one attached hydrogen (secondary N) is 3. The van der Waals surface area contributed by atoms with Gasteiger partial charge in [-0.15, -0.1) is 0 Å². The molecule has 1 rings (SSSR count). The van der Waals surface area contributed by atoms with Gasteiger partial charge in [0.2, 0.25) is 11.8 Å². The molecule has 7 nitrogen and oxygen atoms in total. The lowest BCUT2D eigenvalue weighted by atomic mass is 10.0. The normalized spacial score (nSPS) is 11.4. The Morgan fingerprint density at radius 3 is 1.63 bits per heavy atom. The predicted octanol–water partition coefficient (Wildman–Crippen LogP) is 3.30. The van der Waals surface area contributed by atoms with Gasteiger partial charge in [0.1, 0.15) is 5.60 Å². The summed E-state index contributed by atoms with van der Waals surface area (Å²) < 4.78 is 5.25. The summed E-state index contributed by atoms with van der Waals surface area (Å²) in [5.41, 5.74) is 2.37. The smallest absolute Gasteiger partial charge is 0.407 e. The Kier molecular flexibility index (Phi) is 9.82. The highest BCUT2D eigenvalue weighted by atomic mass is 16.6. The van der Waals surface area contributed by atoms with Crippen LogP contribution < -0.4 is 16.0 Å². The number of hydrogen-bond acceptors (Lipinski definition) is 4. The molecule has 0 atom stereocenters. The van der Waals surface area contributed by atoms with E-state index >= 15 is 0 Å². The molecule has 0 aliphatic rings. The number of benzene rings is 1. The number of alkyl carbamates (subject to hydrolysis) is 1. The van der Waals surface area contributed by atoms with E-state index in [4.69, 9.17) is 4.74 Å². The van der Waals surface area contributed by atoms with Crippen molar-refractivity contribution >= 4 is 17.9 Å². The number of rotatable bonds is 9. The summed E-state index contributed by atoms with van der Waals surface area (Å²) in [4.78, 5) is 35.7. The zero-order valence-corrected chi connectivity index (χ0v) is 19.3. The van der Waals surface area contributed by atoms with Crippen LogP contribution in [0.25, 0.3) is 0 Å². The molecule has 1 aromatic carbocycles. The van der Waals surface area contributed by atoms with E-state index in [0.717, 1.165) is 16.7 Å². The highest BCUT2D eigenvalue weighted by Crippen LogP contribution is 2.13. The summed E-state index contributed by atoms with van der Waals surface area (Å²) in [5.74, 6) is -0.199. The molecule has 0 aromatic heterocycles. The van der Waals surface area contributed by atoms with Crippen molar-refractivity contribution in [3.05, 3.63) is 34.9 Å². The van der Waals surface area contributed by atoms with Gasteiger partial charge in [-0.3, -0.25) is 9.59 Å². The predicted molar refractivity (Wildman–Crippen MR) is 118 cm³/mol. The highest BCUT2D eigenvalue weighted by molar-refractivity contribution is 5.78. The molecular formula is C23H37N3O4. The summed E-state index contributed by atoms with van der Waals surface area (Å²) in [5, 5.41) is 8.60. The third-order valence-electron chi connectivity index (χ3n) is 4.18. The van der Waals surface area contributed by atoms with Crippen molar-refractivity contribution in [1.82, 2.24) is 16.0 Å². The van der Waals surface area contributed by atoms with Crippen LogP contribution in [0.1, 0.15) is 65.2 Å². The van der Waals surface area contributed by atoms with Crippen molar-refractivity contribution in [2.45, 2.75) is 73.6 Å². The maximum atomic E-state index is 11.9. The minimum absolute atomic E-state index is 0.0124. The molecule has 1 aromatic rings. The average Bonchev–Trinajstić information content (AvgIpc) is 2.62. The third-order valence-corrected chi connectivity index (χ3v) is 4.18. The average molecular weight is 420 g/mol. The topological polar surface area (TPSA) is 96.5 Å². The highest BCUT2D eigenvalue weighted by Gasteiger charge is 2.15. The summed E-state index contributed by atoms with van der Waals surface area (Å²) in [6.45, 7) is 14.1. The zero-order valence-electron chi connectivity index (χ0n) is 19.3. The van der Waals surface area contributed by atoms with Gasteiger partial charge >= 0.3 is 6.09 Å². The lowest BCUT2D eigenvalue weighted by molar-refractivity contribution is -0.124. The minimum Gasteiger partial charge on any atom is -0.444 e. The monoisotopic (exact) mass is 419 g/mol. The first-order chi connectivity index (χ1) is 13.9. The van der Waals surface area contributed by atoms with Crippen LogP contribution in [0.2, 0.25) is 0 Å². The van der Waals surface area contributed by atoms with E-state index in [9.17, 15) is 14.4 Å². The van der Waals surface area contributed by atoms with Gasteiger partial charge in [-0.05, 0) is 43.9 Å². The quantitative estimate of drug-likeness (QED) is 0.572. The molecule has 0 unspecified atom stereocenters. The van der Waals surface area contributed by atoms with Crippen molar-refractivity contribution in [3.63, 3.8) is 0 Å². The summed E-state index contributed by atoms with van der Waals surface area (Å²) in [6, 6.07) is 5.99. The van der Waals surface area contributed by atoms with Crippen LogP contribution in [0.5, 0.6) is 0 Å². The fourth-order valence-corrected chi connectivity index (χ4v) is 2.60. The van der Waals surface area contributed by atoms with Gasteiger partial charge < -0.3 is 20.7 Å². The Bertz CT molecular complexity index is 694. The van der Waals surface area contributed by atoms with Crippen LogP contribution in [0.4, 0.5) is 4.79 Å². The molecule has 0 saturated heterocycles. The van der Waals surface area contributed by atoms with Crippen molar-refractivity contribution in [2.24, 2.45) is 11.8 Å². The van der Waals surface area contributed by atoms with Crippen LogP contribution in [-0.2, 0) is 33.8 Å². The van der Waals surface area contributed by atoms with Crippen LogP contribution in [0.3, 0.4) is 0 Å². The molecule has 3 N–H and O–H groups in total. The molecule has 3 amide bonds. The molecule has 0 aliphatic carbocycles. The molecule has 0 heterocycles. The van der Waals surface area contributed by atoms with E-state index in [0.29, 0.717) is 26.1 Å². The minimum atomic E-state index is -0.541. The first kappa shape index (κ1) is 25.5. The summed E-state index contributed by atoms with van der Waals surface area (Å²) in [6.07, 6.45) is 0.156. The molecule has 0 saturated carbocycles. The van der Waals surface area contributed by atoms with Crippen LogP contribution in [-0.4, -0.2) is 30.1 Å². The van der Waals surface area contributed by atoms with Gasteiger partial charge in [0, 0.05) is 31.5 Å². The van der Waals surface area contributed by atoms with Crippen LogP contribution in [0.15, 0.2) is 18.2 Å². The number of amides is 3. The molecule has 0 aliphatic heterocycles. The van der Waals surface area contributed by atoms with Crippen molar-refractivity contribution in [1.29, 1.82) is 0 Å². The van der Waals surface area contributed by atoms with Gasteiger partial charge in [0.05, 0.1) is 0 Å². The molecule has 168 valence electrons. The number of ether oxygens (including phenoxy) is 1. The summed E-state index contributed by atoms with van der Waals surface area (Å²) >= 11 is 0. The first-order valence-electron chi connectivity index (χ1n) is 10.5. The van der Waals surface area contributed by atoms with Gasteiger partial charge in [-0.25, -0.2) is 4.79 Å². The molecule has 0 bridgehead atoms. The third kappa shape index (κ3) is 10.3. The SMILES string of the molecule is CC(C)C(=O)NCc1cc(CCNC(=O)OC(C)(C)C)cc(CNC(=O)C(C)C)c1. The molecule has 30 heavy (non-hydrogen) atoms. The molecule has 0 fully saturated rings. The second-order valence-corrected chi connectivity index (χ2v) is 9.08. The Hall–Kier alpha value is -2.57. The fraction of sp³-hybridized carbons (Fsp3) is 0.609. The van der Waals surface area contributed by atoms with Crippen molar-refractivity contribution < 1.29 is 19.1 Å². The lowest BCUT2D eigenvalue weighted by Crippen LogP contribution is -2.33. The van der Waals surface area contributed by atoms with E-state index in [1.54, 1.807) is 0 Å². The van der Waals surface area contributed by atoms with E-state index < -0.39 is 11.7 Å². The van der Waals surface area contributed by atoms with Gasteiger partial charge in [0.15, 0.2) is 0 Å². The first-order valence-corrected chi connectivity index (χ1v) is 10.5. The molecule has 0 spiro atoms. The van der Waals surface area contributed by atoms with Crippen LogP contribution >= 0.6 is 0 Å². The maximum absolute atomic E-state index is 11.9. The Morgan fingerprint density at radius 1 is 0.800 bits per heavy atom. The lowest BCUT2D eigenvalue weighted by Gasteiger charge is -2.19. The Labute approximate surface area is 180 Å². The molecule has 0 radical (unpaired) electrons. The Balaban J connectivity index is 2.82. The van der Waals surface area contributed by atoms with Gasteiger partial charge in [-0.2, -0.15) is 0 Å². The van der Waals surface area contributed by atoms with Gasteiger partial charge in [-0.1, -0.05) is 45.9 Å². The number of carbonyl (C=O) groups is 3. The number of hydrogen-bond donors (Lipinski definition) is 3. The van der Waals surface area contributed by atoms with E-state index in [-0.39, 0.29) is 23.7 Å². The zero-order chi connectivity index (χ0) is 22.9. The maximum Gasteiger partial charge on any atom is 0.407 e. The largest absolute Gasteiger partial charge is 0.444 e. The van der Waals surface area contributed by atoms with Gasteiger partial charge in [0.25, 0.3) is 0 Å². The number of carbonyl (C=O) groups excluding carboxylic acids is 3. The molecule has 7 heteroatoms. The van der Waals surface area contributed by atoms with E-state index in [1.807, 2.05) is 66.7 Å². The molecular weight excluding hydrogens is 382 g/mol. The standard InChI is InChI=1S/C23H37N3O4/c1-15(2)20(27)25-13-18-10-17(8-9-24-22(29)30-23(5,6)7)11-19(12-18)14-26-21(28)16(3)4/h10-12,15-16H,8-9,13-14H2,1-7H3,(H,24,29)(H,25,27)(H,26,28). The summed E-state index contributed by atoms with van der Waals surface area (Å²) in [7, 11) is 0. The second-order valence-electron chi connectivity index (χ2n) is 9.08. The Morgan fingerprint density at radius 2 is 1.23 bits per heavy atom. The van der Waals surface area contributed by atoms with Crippen molar-refractivity contribution in [2.75, 3.05) is 6.54 Å². The van der Waals surface area contributed by atoms with E-state index in [2.05, 4.69) is 16.0 Å². The van der Waals surface area contributed by atoms with E-state index in [1.165, 1.54) is 0 Å².